The van der Waals surface area contributed by atoms with E-state index in [-0.39, 0.29) is 18.7 Å². The van der Waals surface area contributed by atoms with Gasteiger partial charge >= 0.3 is 5.97 Å². The molecule has 0 spiro atoms. The number of carbonyl (C=O) groups excluding carboxylic acids is 1. The average molecular weight is 258 g/mol. The molecule has 0 amide bonds. The molecule has 0 saturated heterocycles. The number of esters is 1. The quantitative estimate of drug-likeness (QED) is 0.395. The highest BCUT2D eigenvalue weighted by Crippen LogP contribution is 2.17. The fourth-order valence-corrected chi connectivity index (χ4v) is 1.85. The highest BCUT2D eigenvalue weighted by atomic mass is 16.5. The molecule has 98 valence electrons. The third-order valence-electron chi connectivity index (χ3n) is 2.73. The third-order valence-corrected chi connectivity index (χ3v) is 2.73. The lowest BCUT2D eigenvalue weighted by atomic mass is 10.0. The number of nitrogens with zero attached hydrogens (tertiary/aromatic N) is 2. The van der Waals surface area contributed by atoms with Crippen molar-refractivity contribution in [1.29, 1.82) is 0 Å². The molecule has 0 aliphatic carbocycles. The maximum atomic E-state index is 11.6. The van der Waals surface area contributed by atoms with Crippen molar-refractivity contribution in [3.63, 3.8) is 0 Å². The van der Waals surface area contributed by atoms with Gasteiger partial charge in [0.25, 0.3) is 0 Å². The van der Waals surface area contributed by atoms with Crippen molar-refractivity contribution in [2.24, 2.45) is 5.16 Å². The van der Waals surface area contributed by atoms with Gasteiger partial charge in [-0.2, -0.15) is 0 Å². The number of ether oxygens (including phenoxy) is 1. The number of oxime groups is 1. The Morgan fingerprint density at radius 2 is 2.16 bits per heavy atom. The molecule has 2 aromatic rings. The molecular formula is C14H14N2O3. The van der Waals surface area contributed by atoms with Gasteiger partial charge < -0.3 is 9.94 Å². The van der Waals surface area contributed by atoms with Crippen LogP contribution in [-0.4, -0.2) is 28.5 Å². The summed E-state index contributed by atoms with van der Waals surface area (Å²) in [6.45, 7) is 1.95. The van der Waals surface area contributed by atoms with Crippen molar-refractivity contribution >= 4 is 22.6 Å². The highest BCUT2D eigenvalue weighted by Gasteiger charge is 2.15. The van der Waals surface area contributed by atoms with Crippen molar-refractivity contribution in [1.82, 2.24) is 4.98 Å². The Morgan fingerprint density at radius 3 is 2.89 bits per heavy atom. The van der Waals surface area contributed by atoms with Crippen LogP contribution in [0.15, 0.2) is 41.7 Å². The first-order chi connectivity index (χ1) is 9.26. The van der Waals surface area contributed by atoms with Crippen molar-refractivity contribution in [3.8, 4) is 0 Å². The molecule has 1 aromatic carbocycles. The number of aromatic nitrogens is 1. The zero-order valence-electron chi connectivity index (χ0n) is 10.5. The van der Waals surface area contributed by atoms with E-state index < -0.39 is 5.97 Å². The summed E-state index contributed by atoms with van der Waals surface area (Å²) >= 11 is 0. The zero-order valence-corrected chi connectivity index (χ0v) is 10.5. The Hall–Kier alpha value is -2.43. The van der Waals surface area contributed by atoms with E-state index in [9.17, 15) is 4.79 Å². The monoisotopic (exact) mass is 258 g/mol. The first-order valence-corrected chi connectivity index (χ1v) is 5.97. The van der Waals surface area contributed by atoms with Crippen LogP contribution < -0.4 is 0 Å². The van der Waals surface area contributed by atoms with E-state index in [1.54, 1.807) is 19.2 Å². The molecule has 19 heavy (non-hydrogen) atoms. The molecule has 2 rings (SSSR count). The summed E-state index contributed by atoms with van der Waals surface area (Å²) in [5, 5.41) is 12.9. The van der Waals surface area contributed by atoms with Crippen LogP contribution in [0.25, 0.3) is 10.9 Å². The van der Waals surface area contributed by atoms with Gasteiger partial charge in [-0.3, -0.25) is 4.98 Å². The highest BCUT2D eigenvalue weighted by molar-refractivity contribution is 6.37. The fraction of sp³-hybridized carbons (Fsp3) is 0.214. The Labute approximate surface area is 110 Å². The van der Waals surface area contributed by atoms with E-state index in [4.69, 9.17) is 9.94 Å². The summed E-state index contributed by atoms with van der Waals surface area (Å²) in [5.74, 6) is -0.606. The first kappa shape index (κ1) is 13.0. The van der Waals surface area contributed by atoms with Gasteiger partial charge in [0.2, 0.25) is 0 Å². The van der Waals surface area contributed by atoms with Crippen LogP contribution in [0.4, 0.5) is 0 Å². The predicted molar refractivity (Wildman–Crippen MR) is 71.3 cm³/mol. The summed E-state index contributed by atoms with van der Waals surface area (Å²) in [7, 11) is 0. The maximum Gasteiger partial charge on any atom is 0.356 e. The number of benzene rings is 1. The van der Waals surface area contributed by atoms with Crippen molar-refractivity contribution in [3.05, 3.63) is 42.1 Å². The summed E-state index contributed by atoms with van der Waals surface area (Å²) in [5.41, 5.74) is 1.69. The molecule has 0 unspecified atom stereocenters. The van der Waals surface area contributed by atoms with E-state index in [0.29, 0.717) is 0 Å². The molecular weight excluding hydrogens is 244 g/mol. The van der Waals surface area contributed by atoms with Crippen molar-refractivity contribution in [2.75, 3.05) is 6.61 Å². The normalized spacial score (nSPS) is 11.5. The SMILES string of the molecule is CCOC(=O)/C(Cc1ccnc2ccccc12)=N/O. The van der Waals surface area contributed by atoms with Crippen molar-refractivity contribution in [2.45, 2.75) is 13.3 Å². The Morgan fingerprint density at radius 1 is 1.37 bits per heavy atom. The molecule has 0 atom stereocenters. The standard InChI is InChI=1S/C14H14N2O3/c1-2-19-14(17)13(16-18)9-10-7-8-15-12-6-4-3-5-11(10)12/h3-8,18H,2,9H2,1H3/b16-13+. The molecule has 1 heterocycles. The van der Waals surface area contributed by atoms with E-state index in [1.165, 1.54) is 0 Å². The van der Waals surface area contributed by atoms with Crippen molar-refractivity contribution < 1.29 is 14.7 Å². The maximum absolute atomic E-state index is 11.6. The summed E-state index contributed by atoms with van der Waals surface area (Å²) < 4.78 is 4.83. The smallest absolute Gasteiger partial charge is 0.356 e. The minimum absolute atomic E-state index is 0.0156. The number of hydrogen-bond acceptors (Lipinski definition) is 5. The molecule has 5 heteroatoms. The van der Waals surface area contributed by atoms with Gasteiger partial charge in [0.05, 0.1) is 12.1 Å². The van der Waals surface area contributed by atoms with Gasteiger partial charge in [-0.1, -0.05) is 23.4 Å². The molecule has 0 saturated carbocycles. The van der Waals surface area contributed by atoms with Crippen LogP contribution in [0.2, 0.25) is 0 Å². The second-order valence-electron chi connectivity index (χ2n) is 3.93. The van der Waals surface area contributed by atoms with E-state index >= 15 is 0 Å². The molecule has 0 bridgehead atoms. The van der Waals surface area contributed by atoms with Crippen LogP contribution in [0.5, 0.6) is 0 Å². The molecule has 0 radical (unpaired) electrons. The fourth-order valence-electron chi connectivity index (χ4n) is 1.85. The summed E-state index contributed by atoms with van der Waals surface area (Å²) in [6.07, 6.45) is 1.87. The predicted octanol–water partition coefficient (Wildman–Crippen LogP) is 2.17. The van der Waals surface area contributed by atoms with Gasteiger partial charge in [-0.25, -0.2) is 4.79 Å². The average Bonchev–Trinajstić information content (AvgIpc) is 2.45. The van der Waals surface area contributed by atoms with Crippen LogP contribution in [-0.2, 0) is 16.0 Å². The van der Waals surface area contributed by atoms with E-state index in [2.05, 4.69) is 10.1 Å². The van der Waals surface area contributed by atoms with E-state index in [1.807, 2.05) is 24.3 Å². The van der Waals surface area contributed by atoms with Gasteiger partial charge in [0.1, 0.15) is 0 Å². The van der Waals surface area contributed by atoms with Crippen LogP contribution in [0, 0.1) is 0 Å². The summed E-state index contributed by atoms with van der Waals surface area (Å²) in [6, 6.07) is 9.39. The molecule has 0 fully saturated rings. The number of para-hydroxylation sites is 1. The molecule has 0 aliphatic rings. The number of rotatable bonds is 4. The van der Waals surface area contributed by atoms with Gasteiger partial charge in [-0.15, -0.1) is 0 Å². The van der Waals surface area contributed by atoms with Gasteiger partial charge in [0.15, 0.2) is 5.71 Å². The number of hydrogen-bond donors (Lipinski definition) is 1. The lowest BCUT2D eigenvalue weighted by molar-refractivity contribution is -0.135. The molecule has 0 aliphatic heterocycles. The van der Waals surface area contributed by atoms with Crippen LogP contribution >= 0.6 is 0 Å². The van der Waals surface area contributed by atoms with Gasteiger partial charge in [0, 0.05) is 18.0 Å². The number of pyridine rings is 1. The molecule has 1 N–H and O–H groups in total. The Balaban J connectivity index is 2.33. The minimum atomic E-state index is -0.606. The largest absolute Gasteiger partial charge is 0.461 e. The zero-order chi connectivity index (χ0) is 13.7. The number of carbonyl (C=O) groups is 1. The minimum Gasteiger partial charge on any atom is -0.461 e. The topological polar surface area (TPSA) is 71.8 Å². The number of fused-ring (bicyclic) bond motifs is 1. The van der Waals surface area contributed by atoms with Crippen LogP contribution in [0.3, 0.4) is 0 Å². The lowest BCUT2D eigenvalue weighted by Crippen LogP contribution is -2.20. The third kappa shape index (κ3) is 2.88. The molecule has 1 aromatic heterocycles. The summed E-state index contributed by atoms with van der Waals surface area (Å²) in [4.78, 5) is 15.8. The second kappa shape index (κ2) is 5.95. The lowest BCUT2D eigenvalue weighted by Gasteiger charge is -2.07. The Kier molecular flexibility index (Phi) is 4.07. The Bertz CT molecular complexity index is 618. The van der Waals surface area contributed by atoms with Crippen LogP contribution in [0.1, 0.15) is 12.5 Å². The van der Waals surface area contributed by atoms with E-state index in [0.717, 1.165) is 16.5 Å². The molecule has 5 nitrogen and oxygen atoms in total. The van der Waals surface area contributed by atoms with Gasteiger partial charge in [-0.05, 0) is 24.6 Å². The first-order valence-electron chi connectivity index (χ1n) is 5.97. The second-order valence-corrected chi connectivity index (χ2v) is 3.93.